The molecule has 0 radical (unpaired) electrons. The maximum Gasteiger partial charge on any atom is 0.0741 e. The Hall–Kier alpha value is -1.74. The molecule has 4 heteroatoms. The molecule has 1 aromatic carbocycles. The first-order valence-corrected chi connectivity index (χ1v) is 6.86. The first-order chi connectivity index (χ1) is 9.27. The summed E-state index contributed by atoms with van der Waals surface area (Å²) in [5, 5.41) is 0.623. The van der Waals surface area contributed by atoms with Crippen molar-refractivity contribution in [3.63, 3.8) is 0 Å². The van der Waals surface area contributed by atoms with E-state index in [4.69, 9.17) is 17.3 Å². The maximum atomic E-state index is 6.12. The SMILES string of the molecule is Nc1c(Cl)cccc1N1CCCC1c1ccncc1. The van der Waals surface area contributed by atoms with E-state index in [9.17, 15) is 0 Å². The Kier molecular flexibility index (Phi) is 3.30. The van der Waals surface area contributed by atoms with Crippen molar-refractivity contribution in [2.45, 2.75) is 18.9 Å². The number of hydrogen-bond acceptors (Lipinski definition) is 3. The van der Waals surface area contributed by atoms with Crippen LogP contribution < -0.4 is 10.6 Å². The number of nitrogen functional groups attached to an aromatic ring is 1. The topological polar surface area (TPSA) is 42.1 Å². The van der Waals surface area contributed by atoms with Gasteiger partial charge in [-0.15, -0.1) is 0 Å². The highest BCUT2D eigenvalue weighted by molar-refractivity contribution is 6.33. The minimum absolute atomic E-state index is 0.365. The summed E-state index contributed by atoms with van der Waals surface area (Å²) in [6.07, 6.45) is 5.98. The molecular weight excluding hydrogens is 258 g/mol. The van der Waals surface area contributed by atoms with E-state index in [1.165, 1.54) is 12.0 Å². The van der Waals surface area contributed by atoms with Crippen LogP contribution in [0, 0.1) is 0 Å². The zero-order valence-electron chi connectivity index (χ0n) is 10.6. The smallest absolute Gasteiger partial charge is 0.0741 e. The molecule has 3 nitrogen and oxygen atoms in total. The van der Waals surface area contributed by atoms with Crippen molar-refractivity contribution in [2.24, 2.45) is 0 Å². The Morgan fingerprint density at radius 3 is 2.79 bits per heavy atom. The molecule has 3 rings (SSSR count). The lowest BCUT2D eigenvalue weighted by Gasteiger charge is -2.28. The molecular formula is C15H16ClN3. The van der Waals surface area contributed by atoms with Crippen molar-refractivity contribution in [3.05, 3.63) is 53.3 Å². The molecule has 0 amide bonds. The van der Waals surface area contributed by atoms with Crippen LogP contribution in [-0.4, -0.2) is 11.5 Å². The van der Waals surface area contributed by atoms with E-state index < -0.39 is 0 Å². The summed E-state index contributed by atoms with van der Waals surface area (Å²) in [5.41, 5.74) is 9.11. The van der Waals surface area contributed by atoms with Gasteiger partial charge in [-0.05, 0) is 42.7 Å². The molecule has 2 N–H and O–H groups in total. The van der Waals surface area contributed by atoms with Gasteiger partial charge in [-0.25, -0.2) is 0 Å². The average Bonchev–Trinajstić information content (AvgIpc) is 2.92. The van der Waals surface area contributed by atoms with E-state index in [1.54, 1.807) is 0 Å². The first-order valence-electron chi connectivity index (χ1n) is 6.48. The third-order valence-electron chi connectivity index (χ3n) is 3.68. The number of para-hydroxylation sites is 1. The number of nitrogens with two attached hydrogens (primary N) is 1. The van der Waals surface area contributed by atoms with Crippen molar-refractivity contribution in [1.29, 1.82) is 0 Å². The van der Waals surface area contributed by atoms with Gasteiger partial charge in [-0.2, -0.15) is 0 Å². The molecule has 2 aromatic rings. The van der Waals surface area contributed by atoms with Crippen LogP contribution in [0.2, 0.25) is 5.02 Å². The number of aromatic nitrogens is 1. The summed E-state index contributed by atoms with van der Waals surface area (Å²) < 4.78 is 0. The van der Waals surface area contributed by atoms with Gasteiger partial charge < -0.3 is 10.6 Å². The van der Waals surface area contributed by atoms with Gasteiger partial charge in [0.15, 0.2) is 0 Å². The van der Waals surface area contributed by atoms with Crippen LogP contribution in [-0.2, 0) is 0 Å². The van der Waals surface area contributed by atoms with Crippen molar-refractivity contribution < 1.29 is 0 Å². The summed E-state index contributed by atoms with van der Waals surface area (Å²) in [6.45, 7) is 1.01. The predicted octanol–water partition coefficient (Wildman–Crippen LogP) is 3.66. The van der Waals surface area contributed by atoms with Crippen LogP contribution in [0.1, 0.15) is 24.4 Å². The lowest BCUT2D eigenvalue weighted by atomic mass is 10.1. The van der Waals surface area contributed by atoms with Gasteiger partial charge in [0.25, 0.3) is 0 Å². The second-order valence-corrected chi connectivity index (χ2v) is 5.21. The molecule has 0 spiro atoms. The van der Waals surface area contributed by atoms with Crippen molar-refractivity contribution in [1.82, 2.24) is 4.98 Å². The van der Waals surface area contributed by atoms with Gasteiger partial charge in [-0.1, -0.05) is 17.7 Å². The van der Waals surface area contributed by atoms with Crippen LogP contribution >= 0.6 is 11.6 Å². The quantitative estimate of drug-likeness (QED) is 0.849. The predicted molar refractivity (Wildman–Crippen MR) is 79.4 cm³/mol. The average molecular weight is 274 g/mol. The van der Waals surface area contributed by atoms with Gasteiger partial charge in [0.2, 0.25) is 0 Å². The van der Waals surface area contributed by atoms with Gasteiger partial charge in [0.1, 0.15) is 0 Å². The van der Waals surface area contributed by atoms with Crippen molar-refractivity contribution >= 4 is 23.0 Å². The van der Waals surface area contributed by atoms with Crippen LogP contribution in [0.15, 0.2) is 42.7 Å². The Balaban J connectivity index is 1.98. The Labute approximate surface area is 118 Å². The Morgan fingerprint density at radius 2 is 2.00 bits per heavy atom. The minimum atomic E-state index is 0.365. The molecule has 2 heterocycles. The van der Waals surface area contributed by atoms with E-state index in [0.29, 0.717) is 16.8 Å². The fourth-order valence-electron chi connectivity index (χ4n) is 2.76. The van der Waals surface area contributed by atoms with Gasteiger partial charge in [0, 0.05) is 18.9 Å². The fraction of sp³-hybridized carbons (Fsp3) is 0.267. The number of rotatable bonds is 2. The zero-order chi connectivity index (χ0) is 13.2. The summed E-state index contributed by atoms with van der Waals surface area (Å²) >= 11 is 6.12. The van der Waals surface area contributed by atoms with Crippen LogP contribution in [0.3, 0.4) is 0 Å². The van der Waals surface area contributed by atoms with E-state index in [-0.39, 0.29) is 0 Å². The van der Waals surface area contributed by atoms with E-state index >= 15 is 0 Å². The molecule has 0 aliphatic carbocycles. The normalized spacial score (nSPS) is 18.8. The number of pyridine rings is 1. The molecule has 1 aromatic heterocycles. The molecule has 0 saturated carbocycles. The third kappa shape index (κ3) is 2.26. The molecule has 1 atom stereocenters. The highest BCUT2D eigenvalue weighted by atomic mass is 35.5. The van der Waals surface area contributed by atoms with Gasteiger partial charge in [0.05, 0.1) is 22.4 Å². The number of nitrogens with zero attached hydrogens (tertiary/aromatic N) is 2. The molecule has 1 fully saturated rings. The van der Waals surface area contributed by atoms with Crippen molar-refractivity contribution in [2.75, 3.05) is 17.2 Å². The molecule has 0 bridgehead atoms. The second kappa shape index (κ2) is 5.10. The van der Waals surface area contributed by atoms with Gasteiger partial charge >= 0.3 is 0 Å². The molecule has 98 valence electrons. The van der Waals surface area contributed by atoms with Crippen LogP contribution in [0.4, 0.5) is 11.4 Å². The van der Waals surface area contributed by atoms with E-state index in [0.717, 1.165) is 18.7 Å². The first kappa shape index (κ1) is 12.3. The number of anilines is 2. The van der Waals surface area contributed by atoms with Crippen LogP contribution in [0.25, 0.3) is 0 Å². The zero-order valence-corrected chi connectivity index (χ0v) is 11.3. The number of benzene rings is 1. The Bertz CT molecular complexity index is 571. The van der Waals surface area contributed by atoms with Crippen molar-refractivity contribution in [3.8, 4) is 0 Å². The van der Waals surface area contributed by atoms with E-state index in [1.807, 2.05) is 30.6 Å². The second-order valence-electron chi connectivity index (χ2n) is 4.80. The highest BCUT2D eigenvalue weighted by Gasteiger charge is 2.27. The monoisotopic (exact) mass is 273 g/mol. The van der Waals surface area contributed by atoms with E-state index in [2.05, 4.69) is 22.0 Å². The highest BCUT2D eigenvalue weighted by Crippen LogP contribution is 2.40. The molecule has 1 unspecified atom stereocenters. The fourth-order valence-corrected chi connectivity index (χ4v) is 2.93. The third-order valence-corrected chi connectivity index (χ3v) is 4.01. The number of hydrogen-bond donors (Lipinski definition) is 1. The summed E-state index contributed by atoms with van der Waals surface area (Å²) in [4.78, 5) is 6.43. The minimum Gasteiger partial charge on any atom is -0.396 e. The summed E-state index contributed by atoms with van der Waals surface area (Å²) in [5.74, 6) is 0. The standard InChI is InChI=1S/C15H16ClN3/c16-12-3-1-4-14(15(12)17)19-10-2-5-13(19)11-6-8-18-9-7-11/h1,3-4,6-9,13H,2,5,10,17H2. The summed E-state index contributed by atoms with van der Waals surface area (Å²) in [6, 6.07) is 10.3. The Morgan fingerprint density at radius 1 is 1.21 bits per heavy atom. The van der Waals surface area contributed by atoms with Crippen LogP contribution in [0.5, 0.6) is 0 Å². The molecule has 1 aliphatic heterocycles. The largest absolute Gasteiger partial charge is 0.396 e. The molecule has 1 saturated heterocycles. The number of halogens is 1. The van der Waals surface area contributed by atoms with Gasteiger partial charge in [-0.3, -0.25) is 4.98 Å². The maximum absolute atomic E-state index is 6.12. The lowest BCUT2D eigenvalue weighted by Crippen LogP contribution is -2.23. The molecule has 1 aliphatic rings. The lowest BCUT2D eigenvalue weighted by molar-refractivity contribution is 0.718. The summed E-state index contributed by atoms with van der Waals surface area (Å²) in [7, 11) is 0. The molecule has 19 heavy (non-hydrogen) atoms.